The van der Waals surface area contributed by atoms with Crippen LogP contribution in [0, 0.1) is 0 Å². The molecular weight excluding hydrogens is 284 g/mol. The standard InChI is InChI=1S/C16H14N2S2/c1-17-11-7-3-5-9-13(11)19-15(17)16-18(2)12-8-4-6-10-14(12)20-16/h3-10H,1-2H3. The zero-order valence-corrected chi connectivity index (χ0v) is 13.0. The molecule has 4 rings (SSSR count). The molecule has 0 amide bonds. The number of nitrogens with zero attached hydrogens (tertiary/aromatic N) is 2. The third kappa shape index (κ3) is 1.68. The van der Waals surface area contributed by atoms with Crippen molar-refractivity contribution in [2.24, 2.45) is 0 Å². The second-order valence-corrected chi connectivity index (χ2v) is 6.93. The van der Waals surface area contributed by atoms with E-state index < -0.39 is 0 Å². The van der Waals surface area contributed by atoms with Gasteiger partial charge in [0.15, 0.2) is 0 Å². The molecule has 0 fully saturated rings. The van der Waals surface area contributed by atoms with E-state index in [1.165, 1.54) is 31.2 Å². The number of fused-ring (bicyclic) bond motifs is 2. The molecule has 20 heavy (non-hydrogen) atoms. The molecule has 0 spiro atoms. The van der Waals surface area contributed by atoms with E-state index in [9.17, 15) is 0 Å². The summed E-state index contributed by atoms with van der Waals surface area (Å²) in [6, 6.07) is 17.2. The summed E-state index contributed by atoms with van der Waals surface area (Å²) < 4.78 is 0. The Balaban J connectivity index is 1.80. The highest BCUT2D eigenvalue weighted by Crippen LogP contribution is 2.53. The summed E-state index contributed by atoms with van der Waals surface area (Å²) in [5.74, 6) is 0. The number of thioether (sulfide) groups is 2. The molecule has 2 heterocycles. The molecule has 2 aliphatic heterocycles. The predicted molar refractivity (Wildman–Crippen MR) is 88.4 cm³/mol. The second-order valence-electron chi connectivity index (χ2n) is 4.87. The van der Waals surface area contributed by atoms with Crippen LogP contribution in [0.25, 0.3) is 0 Å². The van der Waals surface area contributed by atoms with E-state index in [-0.39, 0.29) is 0 Å². The van der Waals surface area contributed by atoms with Gasteiger partial charge in [0.05, 0.1) is 11.4 Å². The average Bonchev–Trinajstić information content (AvgIpc) is 2.98. The molecule has 0 radical (unpaired) electrons. The zero-order valence-electron chi connectivity index (χ0n) is 11.3. The molecule has 0 aromatic heterocycles. The number of anilines is 2. The molecule has 0 unspecified atom stereocenters. The maximum absolute atomic E-state index is 2.30. The minimum atomic E-state index is 1.30. The van der Waals surface area contributed by atoms with E-state index in [1.54, 1.807) is 0 Å². The molecule has 0 saturated heterocycles. The van der Waals surface area contributed by atoms with E-state index in [2.05, 4.69) is 72.4 Å². The van der Waals surface area contributed by atoms with Gasteiger partial charge in [0.2, 0.25) is 0 Å². The predicted octanol–water partition coefficient (Wildman–Crippen LogP) is 4.60. The maximum atomic E-state index is 2.30. The summed E-state index contributed by atoms with van der Waals surface area (Å²) in [6.07, 6.45) is 0. The lowest BCUT2D eigenvalue weighted by molar-refractivity contribution is 1.11. The van der Waals surface area contributed by atoms with Crippen LogP contribution < -0.4 is 9.80 Å². The molecule has 2 aromatic rings. The molecular formula is C16H14N2S2. The fourth-order valence-electron chi connectivity index (χ4n) is 2.58. The van der Waals surface area contributed by atoms with Crippen LogP contribution in [0.2, 0.25) is 0 Å². The third-order valence-electron chi connectivity index (χ3n) is 3.66. The Morgan fingerprint density at radius 2 is 1.05 bits per heavy atom. The largest absolute Gasteiger partial charge is 0.336 e. The number of para-hydroxylation sites is 2. The van der Waals surface area contributed by atoms with E-state index in [0.29, 0.717) is 0 Å². The van der Waals surface area contributed by atoms with Crippen molar-refractivity contribution in [1.29, 1.82) is 0 Å². The van der Waals surface area contributed by atoms with E-state index in [1.807, 2.05) is 23.5 Å². The highest BCUT2D eigenvalue weighted by molar-refractivity contribution is 8.07. The van der Waals surface area contributed by atoms with Crippen LogP contribution in [-0.2, 0) is 0 Å². The lowest BCUT2D eigenvalue weighted by Gasteiger charge is -2.20. The summed E-state index contributed by atoms with van der Waals surface area (Å²) in [7, 11) is 4.30. The third-order valence-corrected chi connectivity index (χ3v) is 6.24. The van der Waals surface area contributed by atoms with Crippen molar-refractivity contribution >= 4 is 34.9 Å². The van der Waals surface area contributed by atoms with Crippen molar-refractivity contribution < 1.29 is 0 Å². The normalized spacial score (nSPS) is 20.3. The second kappa shape index (κ2) is 4.50. The van der Waals surface area contributed by atoms with E-state index in [0.717, 1.165) is 0 Å². The van der Waals surface area contributed by atoms with Crippen LogP contribution >= 0.6 is 23.5 Å². The van der Waals surface area contributed by atoms with E-state index >= 15 is 0 Å². The molecule has 2 nitrogen and oxygen atoms in total. The van der Waals surface area contributed by atoms with Gasteiger partial charge in [-0.1, -0.05) is 47.8 Å². The first-order chi connectivity index (χ1) is 9.75. The van der Waals surface area contributed by atoms with Gasteiger partial charge >= 0.3 is 0 Å². The average molecular weight is 298 g/mol. The summed E-state index contributed by atoms with van der Waals surface area (Å²) in [4.78, 5) is 7.26. The number of rotatable bonds is 0. The van der Waals surface area contributed by atoms with Crippen molar-refractivity contribution in [2.75, 3.05) is 23.9 Å². The highest BCUT2D eigenvalue weighted by Gasteiger charge is 2.31. The summed E-state index contributed by atoms with van der Waals surface area (Å²) in [5, 5.41) is 2.63. The van der Waals surface area contributed by atoms with Crippen molar-refractivity contribution in [3.05, 3.63) is 58.6 Å². The van der Waals surface area contributed by atoms with Crippen LogP contribution in [0.3, 0.4) is 0 Å². The zero-order chi connectivity index (χ0) is 13.7. The molecule has 4 heteroatoms. The van der Waals surface area contributed by atoms with Crippen LogP contribution in [0.5, 0.6) is 0 Å². The number of hydrogen-bond donors (Lipinski definition) is 0. The van der Waals surface area contributed by atoms with Crippen LogP contribution in [-0.4, -0.2) is 14.1 Å². The van der Waals surface area contributed by atoms with Gasteiger partial charge in [-0.25, -0.2) is 0 Å². The van der Waals surface area contributed by atoms with Gasteiger partial charge < -0.3 is 9.80 Å². The van der Waals surface area contributed by atoms with Crippen LogP contribution in [0.1, 0.15) is 0 Å². The summed E-state index contributed by atoms with van der Waals surface area (Å²) in [6.45, 7) is 0. The molecule has 2 aromatic carbocycles. The summed E-state index contributed by atoms with van der Waals surface area (Å²) >= 11 is 3.72. The quantitative estimate of drug-likeness (QED) is 0.701. The Morgan fingerprint density at radius 3 is 1.45 bits per heavy atom. The first-order valence-corrected chi connectivity index (χ1v) is 8.14. The molecule has 0 saturated carbocycles. The Hall–Kier alpha value is -1.52. The molecule has 100 valence electrons. The molecule has 0 atom stereocenters. The SMILES string of the molecule is CN1C(=C2Sc3ccccc3N2C)Sc2ccccc21. The molecule has 0 aliphatic carbocycles. The summed E-state index contributed by atoms with van der Waals surface area (Å²) in [5.41, 5.74) is 2.59. The fourth-order valence-corrected chi connectivity index (χ4v) is 5.08. The smallest absolute Gasteiger partial charge is 0.111 e. The van der Waals surface area contributed by atoms with Gasteiger partial charge in [0.1, 0.15) is 10.1 Å². The van der Waals surface area contributed by atoms with Gasteiger partial charge in [0, 0.05) is 23.9 Å². The number of hydrogen-bond acceptors (Lipinski definition) is 4. The number of benzene rings is 2. The van der Waals surface area contributed by atoms with Crippen molar-refractivity contribution in [3.63, 3.8) is 0 Å². The maximum Gasteiger partial charge on any atom is 0.111 e. The first kappa shape index (κ1) is 12.2. The molecule has 2 aliphatic rings. The van der Waals surface area contributed by atoms with Crippen molar-refractivity contribution in [2.45, 2.75) is 9.79 Å². The van der Waals surface area contributed by atoms with Gasteiger partial charge in [-0.2, -0.15) is 0 Å². The topological polar surface area (TPSA) is 6.48 Å². The Bertz CT molecular complexity index is 662. The first-order valence-electron chi connectivity index (χ1n) is 6.51. The van der Waals surface area contributed by atoms with Gasteiger partial charge in [-0.3, -0.25) is 0 Å². The van der Waals surface area contributed by atoms with Gasteiger partial charge in [0.25, 0.3) is 0 Å². The Morgan fingerprint density at radius 1 is 0.650 bits per heavy atom. The van der Waals surface area contributed by atoms with Crippen LogP contribution in [0.4, 0.5) is 11.4 Å². The van der Waals surface area contributed by atoms with Crippen molar-refractivity contribution in [3.8, 4) is 0 Å². The minimum absolute atomic E-state index is 1.30. The van der Waals surface area contributed by atoms with Gasteiger partial charge in [-0.05, 0) is 24.3 Å². The lowest BCUT2D eigenvalue weighted by atomic mass is 10.3. The van der Waals surface area contributed by atoms with Crippen molar-refractivity contribution in [1.82, 2.24) is 0 Å². The van der Waals surface area contributed by atoms with E-state index in [4.69, 9.17) is 0 Å². The molecule has 0 N–H and O–H groups in total. The molecule has 0 bridgehead atoms. The minimum Gasteiger partial charge on any atom is -0.336 e. The highest BCUT2D eigenvalue weighted by atomic mass is 32.2. The lowest BCUT2D eigenvalue weighted by Crippen LogP contribution is -2.18. The Kier molecular flexibility index (Phi) is 2.75. The van der Waals surface area contributed by atoms with Gasteiger partial charge in [-0.15, -0.1) is 0 Å². The monoisotopic (exact) mass is 298 g/mol. The Labute approximate surface area is 127 Å². The fraction of sp³-hybridized carbons (Fsp3) is 0.125. The van der Waals surface area contributed by atoms with Crippen LogP contribution in [0.15, 0.2) is 68.4 Å².